The molecule has 0 heterocycles. The van der Waals surface area contributed by atoms with Gasteiger partial charge in [0.25, 0.3) is 0 Å². The number of carbonyl (C=O) groups is 1. The van der Waals surface area contributed by atoms with Crippen molar-refractivity contribution < 1.29 is 32.9 Å². The highest BCUT2D eigenvalue weighted by molar-refractivity contribution is 7.47. The molecule has 0 aliphatic heterocycles. The van der Waals surface area contributed by atoms with E-state index in [4.69, 9.17) is 9.05 Å². The molecular formula is C34H66N2O6P+. The van der Waals surface area contributed by atoms with E-state index in [2.05, 4.69) is 30.5 Å². The van der Waals surface area contributed by atoms with E-state index in [0.29, 0.717) is 17.4 Å². The Morgan fingerprint density at radius 2 is 1.33 bits per heavy atom. The zero-order valence-corrected chi connectivity index (χ0v) is 29.1. The Kier molecular flexibility index (Phi) is 26.3. The molecule has 43 heavy (non-hydrogen) atoms. The number of rotatable bonds is 29. The highest BCUT2D eigenvalue weighted by Gasteiger charge is 2.27. The van der Waals surface area contributed by atoms with Crippen LogP contribution >= 0.6 is 7.82 Å². The van der Waals surface area contributed by atoms with Crippen LogP contribution in [0.3, 0.4) is 0 Å². The number of quaternary nitrogens is 1. The van der Waals surface area contributed by atoms with E-state index in [-0.39, 0.29) is 19.1 Å². The second-order valence-corrected chi connectivity index (χ2v) is 14.0. The van der Waals surface area contributed by atoms with Crippen LogP contribution in [0.2, 0.25) is 0 Å². The lowest BCUT2D eigenvalue weighted by Crippen LogP contribution is -2.45. The van der Waals surface area contributed by atoms with Gasteiger partial charge in [-0.25, -0.2) is 4.57 Å². The standard InChI is InChI=1S/C34H65N2O6P/c1-6-8-10-12-14-16-17-18-20-22-24-26-28-34(38)35-32(31-42-43(39,40)41-30-29-36(3,4)5)33(37)27-25-23-21-19-15-13-11-9-7-2/h7,9,15,19,25,27,32-33,37H,6,8,10-14,16-18,20-24,26,28-31H2,1-5H3,(H-,35,38,39,40)/p+1/b9-7+,19-15+,27-25+. The van der Waals surface area contributed by atoms with Gasteiger partial charge in [0.1, 0.15) is 13.2 Å². The van der Waals surface area contributed by atoms with Crippen molar-refractivity contribution in [3.05, 3.63) is 36.5 Å². The van der Waals surface area contributed by atoms with Gasteiger partial charge in [-0.3, -0.25) is 13.8 Å². The summed E-state index contributed by atoms with van der Waals surface area (Å²) < 4.78 is 23.3. The predicted molar refractivity (Wildman–Crippen MR) is 180 cm³/mol. The predicted octanol–water partition coefficient (Wildman–Crippen LogP) is 8.01. The number of allylic oxidation sites excluding steroid dienone is 5. The number of phosphoric acid groups is 1. The van der Waals surface area contributed by atoms with Crippen LogP contribution in [-0.2, 0) is 18.4 Å². The van der Waals surface area contributed by atoms with Gasteiger partial charge in [-0.15, -0.1) is 0 Å². The van der Waals surface area contributed by atoms with Crippen molar-refractivity contribution in [3.8, 4) is 0 Å². The van der Waals surface area contributed by atoms with E-state index in [9.17, 15) is 19.4 Å². The molecule has 8 nitrogen and oxygen atoms in total. The number of hydrogen-bond donors (Lipinski definition) is 3. The number of amides is 1. The van der Waals surface area contributed by atoms with Gasteiger partial charge in [-0.1, -0.05) is 114 Å². The van der Waals surface area contributed by atoms with E-state index >= 15 is 0 Å². The Labute approximate surface area is 264 Å². The Bertz CT molecular complexity index is 809. The van der Waals surface area contributed by atoms with Crippen LogP contribution in [0, 0.1) is 0 Å². The van der Waals surface area contributed by atoms with Crippen molar-refractivity contribution in [2.24, 2.45) is 0 Å². The van der Waals surface area contributed by atoms with Crippen molar-refractivity contribution in [1.29, 1.82) is 0 Å². The highest BCUT2D eigenvalue weighted by atomic mass is 31.2. The quantitative estimate of drug-likeness (QED) is 0.0335. The molecular weight excluding hydrogens is 563 g/mol. The minimum atomic E-state index is -4.33. The molecule has 3 N–H and O–H groups in total. The molecule has 0 fully saturated rings. The fourth-order valence-corrected chi connectivity index (χ4v) is 5.17. The van der Waals surface area contributed by atoms with Crippen molar-refractivity contribution >= 4 is 13.7 Å². The first kappa shape index (κ1) is 41.7. The lowest BCUT2D eigenvalue weighted by molar-refractivity contribution is -0.870. The van der Waals surface area contributed by atoms with Crippen LogP contribution in [0.15, 0.2) is 36.5 Å². The van der Waals surface area contributed by atoms with Gasteiger partial charge >= 0.3 is 7.82 Å². The average molecular weight is 630 g/mol. The lowest BCUT2D eigenvalue weighted by atomic mass is 10.0. The van der Waals surface area contributed by atoms with Crippen molar-refractivity contribution in [1.82, 2.24) is 5.32 Å². The first-order valence-electron chi connectivity index (χ1n) is 16.8. The van der Waals surface area contributed by atoms with Crippen LogP contribution in [0.4, 0.5) is 0 Å². The molecule has 9 heteroatoms. The van der Waals surface area contributed by atoms with Gasteiger partial charge in [0.2, 0.25) is 5.91 Å². The topological polar surface area (TPSA) is 105 Å². The molecule has 0 aliphatic carbocycles. The first-order valence-corrected chi connectivity index (χ1v) is 18.3. The summed E-state index contributed by atoms with van der Waals surface area (Å²) >= 11 is 0. The largest absolute Gasteiger partial charge is 0.472 e. The molecule has 1 amide bonds. The molecule has 3 unspecified atom stereocenters. The summed E-state index contributed by atoms with van der Waals surface area (Å²) in [6.45, 7) is 4.51. The fraction of sp³-hybridized carbons (Fsp3) is 0.794. The minimum absolute atomic E-state index is 0.0535. The van der Waals surface area contributed by atoms with Gasteiger partial charge in [-0.05, 0) is 39.0 Å². The highest BCUT2D eigenvalue weighted by Crippen LogP contribution is 2.43. The third kappa shape index (κ3) is 29.2. The Balaban J connectivity index is 4.63. The third-order valence-corrected chi connectivity index (χ3v) is 8.17. The molecule has 0 aromatic rings. The van der Waals surface area contributed by atoms with Gasteiger partial charge in [0, 0.05) is 6.42 Å². The summed E-state index contributed by atoms with van der Waals surface area (Å²) in [6.07, 6.45) is 29.4. The van der Waals surface area contributed by atoms with Gasteiger partial charge in [0.05, 0.1) is 39.9 Å². The van der Waals surface area contributed by atoms with E-state index in [1.807, 2.05) is 40.2 Å². The SMILES string of the molecule is C/C=C/CC/C=C/CC/C=C/C(O)C(COP(=O)(O)OCC[N+](C)(C)C)NC(=O)CCCCCCCCCCCCCC. The molecule has 252 valence electrons. The molecule has 0 aromatic heterocycles. The molecule has 3 atom stereocenters. The van der Waals surface area contributed by atoms with E-state index < -0.39 is 20.0 Å². The van der Waals surface area contributed by atoms with Crippen molar-refractivity contribution in [2.45, 2.75) is 135 Å². The summed E-state index contributed by atoms with van der Waals surface area (Å²) in [5.74, 6) is -0.198. The number of nitrogens with one attached hydrogen (secondary N) is 1. The van der Waals surface area contributed by atoms with Crippen LogP contribution in [0.1, 0.15) is 123 Å². The van der Waals surface area contributed by atoms with Crippen molar-refractivity contribution in [2.75, 3.05) is 40.9 Å². The zero-order valence-electron chi connectivity index (χ0n) is 28.2. The van der Waals surface area contributed by atoms with Crippen LogP contribution < -0.4 is 5.32 Å². The number of unbranched alkanes of at least 4 members (excludes halogenated alkanes) is 13. The Morgan fingerprint density at radius 3 is 1.86 bits per heavy atom. The van der Waals surface area contributed by atoms with Crippen LogP contribution in [-0.4, -0.2) is 73.4 Å². The number of carbonyl (C=O) groups excluding carboxylic acids is 1. The summed E-state index contributed by atoms with van der Waals surface area (Å²) in [5, 5.41) is 13.6. The summed E-state index contributed by atoms with van der Waals surface area (Å²) in [5.41, 5.74) is 0. The Morgan fingerprint density at radius 1 is 0.814 bits per heavy atom. The van der Waals surface area contributed by atoms with Gasteiger partial charge in [-0.2, -0.15) is 0 Å². The molecule has 0 bridgehead atoms. The fourth-order valence-electron chi connectivity index (χ4n) is 4.43. The number of nitrogens with zero attached hydrogens (tertiary/aromatic N) is 1. The smallest absolute Gasteiger partial charge is 0.387 e. The number of likely N-dealkylation sites (N-methyl/N-ethyl adjacent to an activating group) is 1. The number of aliphatic hydroxyl groups excluding tert-OH is 1. The first-order chi connectivity index (χ1) is 20.5. The van der Waals surface area contributed by atoms with E-state index in [1.165, 1.54) is 57.8 Å². The maximum atomic E-state index is 12.7. The molecule has 0 aromatic carbocycles. The number of aliphatic hydroxyl groups is 1. The number of hydrogen-bond acceptors (Lipinski definition) is 5. The molecule has 0 aliphatic rings. The van der Waals surface area contributed by atoms with Gasteiger partial charge in [0.15, 0.2) is 0 Å². The molecule has 0 saturated carbocycles. The van der Waals surface area contributed by atoms with Crippen LogP contribution in [0.5, 0.6) is 0 Å². The van der Waals surface area contributed by atoms with Crippen LogP contribution in [0.25, 0.3) is 0 Å². The molecule has 0 radical (unpaired) electrons. The molecule has 0 spiro atoms. The normalized spacial score (nSPS) is 15.4. The maximum Gasteiger partial charge on any atom is 0.472 e. The monoisotopic (exact) mass is 629 g/mol. The molecule has 0 saturated heterocycles. The molecule has 0 rings (SSSR count). The van der Waals surface area contributed by atoms with Gasteiger partial charge < -0.3 is 19.8 Å². The summed E-state index contributed by atoms with van der Waals surface area (Å²) in [6, 6.07) is -0.861. The number of phosphoric ester groups is 1. The Hall–Kier alpha value is -1.28. The minimum Gasteiger partial charge on any atom is -0.387 e. The zero-order chi connectivity index (χ0) is 32.2. The lowest BCUT2D eigenvalue weighted by Gasteiger charge is -2.25. The van der Waals surface area contributed by atoms with E-state index in [0.717, 1.165) is 44.9 Å². The third-order valence-electron chi connectivity index (χ3n) is 7.19. The second-order valence-electron chi connectivity index (χ2n) is 12.5. The van der Waals surface area contributed by atoms with E-state index in [1.54, 1.807) is 6.08 Å². The summed E-state index contributed by atoms with van der Waals surface area (Å²) in [4.78, 5) is 22.8. The van der Waals surface area contributed by atoms with Crippen molar-refractivity contribution in [3.63, 3.8) is 0 Å². The average Bonchev–Trinajstić information content (AvgIpc) is 2.94. The second kappa shape index (κ2) is 27.1. The maximum absolute atomic E-state index is 12.7. The summed E-state index contributed by atoms with van der Waals surface area (Å²) in [7, 11) is 1.54.